The van der Waals surface area contributed by atoms with Crippen LogP contribution in [-0.4, -0.2) is 11.1 Å². The van der Waals surface area contributed by atoms with E-state index in [0.717, 1.165) is 30.4 Å². The highest BCUT2D eigenvalue weighted by Crippen LogP contribution is 2.44. The van der Waals surface area contributed by atoms with Crippen molar-refractivity contribution in [2.45, 2.75) is 31.6 Å². The lowest BCUT2D eigenvalue weighted by Crippen LogP contribution is -2.42. The molecule has 1 aromatic rings. The van der Waals surface area contributed by atoms with E-state index in [4.69, 9.17) is 5.73 Å². The van der Waals surface area contributed by atoms with E-state index in [0.29, 0.717) is 5.69 Å². The van der Waals surface area contributed by atoms with Crippen LogP contribution in [0.2, 0.25) is 0 Å². The number of carboxylic acids is 1. The van der Waals surface area contributed by atoms with Crippen LogP contribution < -0.4 is 5.73 Å². The molecular weight excluding hydrogens is 190 g/mol. The fourth-order valence-electron chi connectivity index (χ4n) is 2.09. The van der Waals surface area contributed by atoms with Gasteiger partial charge in [0.25, 0.3) is 0 Å². The number of carbonyl (C=O) groups is 1. The molecule has 1 fully saturated rings. The van der Waals surface area contributed by atoms with E-state index in [1.807, 2.05) is 25.1 Å². The monoisotopic (exact) mass is 205 g/mol. The molecule has 0 bridgehead atoms. The Morgan fingerprint density at radius 2 is 2.13 bits per heavy atom. The molecule has 1 saturated carbocycles. The average molecular weight is 205 g/mol. The zero-order chi connectivity index (χ0) is 11.1. The Hall–Kier alpha value is -1.51. The van der Waals surface area contributed by atoms with Crippen molar-refractivity contribution in [3.8, 4) is 0 Å². The molecule has 0 atom stereocenters. The van der Waals surface area contributed by atoms with Gasteiger partial charge in [0.1, 0.15) is 0 Å². The predicted molar refractivity (Wildman–Crippen MR) is 58.8 cm³/mol. The summed E-state index contributed by atoms with van der Waals surface area (Å²) in [5.41, 5.74) is 7.67. The minimum atomic E-state index is -0.725. The van der Waals surface area contributed by atoms with E-state index >= 15 is 0 Å². The fraction of sp³-hybridized carbons (Fsp3) is 0.417. The van der Waals surface area contributed by atoms with Gasteiger partial charge in [0.15, 0.2) is 0 Å². The summed E-state index contributed by atoms with van der Waals surface area (Å²) in [6, 6.07) is 5.59. The van der Waals surface area contributed by atoms with Gasteiger partial charge in [-0.05, 0) is 37.0 Å². The van der Waals surface area contributed by atoms with Gasteiger partial charge in [0.05, 0.1) is 5.41 Å². The number of nitrogen functional groups attached to an aromatic ring is 1. The molecular formula is C12H15NO2. The highest BCUT2D eigenvalue weighted by molar-refractivity contribution is 5.83. The predicted octanol–water partition coefficient (Wildman–Crippen LogP) is 2.08. The maximum Gasteiger partial charge on any atom is 0.314 e. The molecule has 1 aliphatic rings. The molecule has 0 amide bonds. The van der Waals surface area contributed by atoms with E-state index in [9.17, 15) is 9.90 Å². The maximum atomic E-state index is 11.3. The van der Waals surface area contributed by atoms with E-state index in [-0.39, 0.29) is 0 Å². The van der Waals surface area contributed by atoms with Gasteiger partial charge in [-0.3, -0.25) is 4.79 Å². The van der Waals surface area contributed by atoms with E-state index in [2.05, 4.69) is 0 Å². The normalized spacial score (nSPS) is 18.2. The third-order valence-electron chi connectivity index (χ3n) is 3.45. The van der Waals surface area contributed by atoms with Crippen LogP contribution in [0, 0.1) is 6.92 Å². The Morgan fingerprint density at radius 1 is 1.47 bits per heavy atom. The molecule has 2 rings (SSSR count). The molecule has 1 aliphatic carbocycles. The van der Waals surface area contributed by atoms with Crippen molar-refractivity contribution in [1.29, 1.82) is 0 Å². The summed E-state index contributed by atoms with van der Waals surface area (Å²) in [5.74, 6) is -0.725. The number of nitrogens with two attached hydrogens (primary N) is 1. The molecule has 3 heteroatoms. The number of aryl methyl sites for hydroxylation is 1. The van der Waals surface area contributed by atoms with Crippen molar-refractivity contribution in [1.82, 2.24) is 0 Å². The summed E-state index contributed by atoms with van der Waals surface area (Å²) in [5, 5.41) is 9.26. The van der Waals surface area contributed by atoms with Crippen molar-refractivity contribution < 1.29 is 9.90 Å². The second-order valence-electron chi connectivity index (χ2n) is 4.31. The quantitative estimate of drug-likeness (QED) is 0.726. The minimum Gasteiger partial charge on any atom is -0.481 e. The lowest BCUT2D eigenvalue weighted by Gasteiger charge is -2.38. The average Bonchev–Trinajstić information content (AvgIpc) is 2.08. The first-order valence-corrected chi connectivity index (χ1v) is 5.16. The van der Waals surface area contributed by atoms with Crippen LogP contribution in [0.5, 0.6) is 0 Å². The third kappa shape index (κ3) is 1.39. The first kappa shape index (κ1) is 10.0. The molecule has 3 N–H and O–H groups in total. The topological polar surface area (TPSA) is 63.3 Å². The number of anilines is 1. The zero-order valence-corrected chi connectivity index (χ0v) is 8.79. The molecule has 0 unspecified atom stereocenters. The molecule has 0 spiro atoms. The van der Waals surface area contributed by atoms with Crippen LogP contribution in [0.25, 0.3) is 0 Å². The van der Waals surface area contributed by atoms with Crippen molar-refractivity contribution >= 4 is 11.7 Å². The number of carboxylic acid groups (broad SMARTS) is 1. The van der Waals surface area contributed by atoms with Crippen LogP contribution in [0.3, 0.4) is 0 Å². The van der Waals surface area contributed by atoms with Crippen molar-refractivity contribution in [2.24, 2.45) is 0 Å². The first-order valence-electron chi connectivity index (χ1n) is 5.16. The number of hydrogen-bond acceptors (Lipinski definition) is 2. The van der Waals surface area contributed by atoms with Gasteiger partial charge in [-0.15, -0.1) is 0 Å². The summed E-state index contributed by atoms with van der Waals surface area (Å²) in [6.45, 7) is 1.92. The number of aliphatic carboxylic acids is 1. The molecule has 15 heavy (non-hydrogen) atoms. The van der Waals surface area contributed by atoms with Crippen LogP contribution in [0.15, 0.2) is 18.2 Å². The fourth-order valence-corrected chi connectivity index (χ4v) is 2.09. The second kappa shape index (κ2) is 3.26. The van der Waals surface area contributed by atoms with Gasteiger partial charge in [0.2, 0.25) is 0 Å². The van der Waals surface area contributed by atoms with Gasteiger partial charge >= 0.3 is 5.97 Å². The maximum absolute atomic E-state index is 11.3. The van der Waals surface area contributed by atoms with E-state index in [1.54, 1.807) is 0 Å². The Labute approximate surface area is 88.9 Å². The van der Waals surface area contributed by atoms with E-state index in [1.165, 1.54) is 0 Å². The number of hydrogen-bond donors (Lipinski definition) is 2. The van der Waals surface area contributed by atoms with E-state index < -0.39 is 11.4 Å². The van der Waals surface area contributed by atoms with Gasteiger partial charge in [-0.1, -0.05) is 18.6 Å². The number of rotatable bonds is 2. The lowest BCUT2D eigenvalue weighted by atomic mass is 9.64. The highest BCUT2D eigenvalue weighted by atomic mass is 16.4. The smallest absolute Gasteiger partial charge is 0.314 e. The van der Waals surface area contributed by atoms with Crippen LogP contribution in [-0.2, 0) is 10.2 Å². The zero-order valence-electron chi connectivity index (χ0n) is 8.79. The minimum absolute atomic E-state index is 0.665. The molecule has 1 aromatic carbocycles. The van der Waals surface area contributed by atoms with Crippen molar-refractivity contribution in [2.75, 3.05) is 5.73 Å². The highest BCUT2D eigenvalue weighted by Gasteiger charge is 2.45. The summed E-state index contributed by atoms with van der Waals surface area (Å²) >= 11 is 0. The summed E-state index contributed by atoms with van der Waals surface area (Å²) in [4.78, 5) is 11.3. The molecule has 0 radical (unpaired) electrons. The SMILES string of the molecule is Cc1ccc(C2(C(=O)O)CCC2)cc1N. The lowest BCUT2D eigenvalue weighted by molar-refractivity contribution is -0.147. The van der Waals surface area contributed by atoms with Gasteiger partial charge in [-0.25, -0.2) is 0 Å². The summed E-state index contributed by atoms with van der Waals surface area (Å²) in [6.07, 6.45) is 2.44. The Kier molecular flexibility index (Phi) is 2.18. The first-order chi connectivity index (χ1) is 7.06. The standard InChI is InChI=1S/C12H15NO2/c1-8-3-4-9(7-10(8)13)12(11(14)15)5-2-6-12/h3-4,7H,2,5-6,13H2,1H3,(H,14,15). The Morgan fingerprint density at radius 3 is 2.53 bits per heavy atom. The molecule has 0 aliphatic heterocycles. The van der Waals surface area contributed by atoms with Crippen molar-refractivity contribution in [3.05, 3.63) is 29.3 Å². The molecule has 0 heterocycles. The van der Waals surface area contributed by atoms with Crippen LogP contribution >= 0.6 is 0 Å². The molecule has 0 aromatic heterocycles. The molecule has 0 saturated heterocycles. The largest absolute Gasteiger partial charge is 0.481 e. The van der Waals surface area contributed by atoms with Gasteiger partial charge < -0.3 is 10.8 Å². The molecule has 80 valence electrons. The van der Waals surface area contributed by atoms with Crippen LogP contribution in [0.1, 0.15) is 30.4 Å². The summed E-state index contributed by atoms with van der Waals surface area (Å²) < 4.78 is 0. The summed E-state index contributed by atoms with van der Waals surface area (Å²) in [7, 11) is 0. The Bertz CT molecular complexity index is 408. The van der Waals surface area contributed by atoms with Gasteiger partial charge in [0, 0.05) is 5.69 Å². The third-order valence-corrected chi connectivity index (χ3v) is 3.45. The molecule has 3 nitrogen and oxygen atoms in total. The Balaban J connectivity index is 2.44. The van der Waals surface area contributed by atoms with Crippen LogP contribution in [0.4, 0.5) is 5.69 Å². The second-order valence-corrected chi connectivity index (χ2v) is 4.31. The van der Waals surface area contributed by atoms with Gasteiger partial charge in [-0.2, -0.15) is 0 Å². The number of benzene rings is 1. The van der Waals surface area contributed by atoms with Crippen molar-refractivity contribution in [3.63, 3.8) is 0 Å².